The fourth-order valence-electron chi connectivity index (χ4n) is 2.76. The highest BCUT2D eigenvalue weighted by Crippen LogP contribution is 2.33. The number of halogens is 2. The van der Waals surface area contributed by atoms with Crippen LogP contribution in [0.25, 0.3) is 10.9 Å². The smallest absolute Gasteiger partial charge is 0.270 e. The summed E-state index contributed by atoms with van der Waals surface area (Å²) in [6, 6.07) is 5.14. The summed E-state index contributed by atoms with van der Waals surface area (Å²) < 4.78 is 0. The zero-order chi connectivity index (χ0) is 16.1. The highest BCUT2D eigenvalue weighted by molar-refractivity contribution is 6.45. The second kappa shape index (κ2) is 5.18. The molecule has 1 unspecified atom stereocenters. The summed E-state index contributed by atoms with van der Waals surface area (Å²) in [4.78, 5) is 28.8. The van der Waals surface area contributed by atoms with Crippen LogP contribution in [-0.2, 0) is 4.79 Å². The third-order valence-electron chi connectivity index (χ3n) is 4.28. The minimum atomic E-state index is -0.664. The predicted molar refractivity (Wildman–Crippen MR) is 86.1 cm³/mol. The minimum absolute atomic E-state index is 0.173. The van der Waals surface area contributed by atoms with Crippen molar-refractivity contribution in [3.05, 3.63) is 33.9 Å². The molecule has 1 saturated heterocycles. The molecule has 1 aromatic heterocycles. The zero-order valence-electron chi connectivity index (χ0n) is 12.0. The van der Waals surface area contributed by atoms with Crippen LogP contribution in [-0.4, -0.2) is 34.8 Å². The van der Waals surface area contributed by atoms with Crippen molar-refractivity contribution in [2.75, 3.05) is 13.1 Å². The number of hydrogen-bond acceptors (Lipinski definition) is 2. The maximum Gasteiger partial charge on any atom is 0.270 e. The van der Waals surface area contributed by atoms with Crippen LogP contribution in [0.15, 0.2) is 18.2 Å². The first kappa shape index (κ1) is 15.2. The summed E-state index contributed by atoms with van der Waals surface area (Å²) in [5.41, 5.74) is 5.92. The third kappa shape index (κ3) is 2.34. The second-order valence-corrected chi connectivity index (χ2v) is 6.69. The van der Waals surface area contributed by atoms with E-state index in [4.69, 9.17) is 28.9 Å². The first-order valence-corrected chi connectivity index (χ1v) is 7.63. The van der Waals surface area contributed by atoms with E-state index >= 15 is 0 Å². The molecule has 7 heteroatoms. The average Bonchev–Trinajstić information content (AvgIpc) is 3.07. The molecule has 2 heterocycles. The van der Waals surface area contributed by atoms with E-state index in [1.165, 1.54) is 0 Å². The SMILES string of the molecule is CC1(C(N)=O)CCN(C(=O)c2cc3c(Cl)c(Cl)ccc3[nH]2)C1. The summed E-state index contributed by atoms with van der Waals surface area (Å²) >= 11 is 12.1. The topological polar surface area (TPSA) is 79.2 Å². The average molecular weight is 340 g/mol. The maximum atomic E-state index is 12.6. The number of amides is 2. The van der Waals surface area contributed by atoms with Crippen LogP contribution in [0.3, 0.4) is 0 Å². The van der Waals surface area contributed by atoms with Gasteiger partial charge in [-0.25, -0.2) is 0 Å². The monoisotopic (exact) mass is 339 g/mol. The van der Waals surface area contributed by atoms with E-state index in [1.54, 1.807) is 30.0 Å². The lowest BCUT2D eigenvalue weighted by Crippen LogP contribution is -2.38. The highest BCUT2D eigenvalue weighted by atomic mass is 35.5. The Hall–Kier alpha value is -1.72. The number of benzene rings is 1. The molecule has 5 nitrogen and oxygen atoms in total. The number of carbonyl (C=O) groups excluding carboxylic acids is 2. The molecule has 2 amide bonds. The van der Waals surface area contributed by atoms with E-state index in [1.807, 2.05) is 0 Å². The van der Waals surface area contributed by atoms with Crippen molar-refractivity contribution in [2.45, 2.75) is 13.3 Å². The highest BCUT2D eigenvalue weighted by Gasteiger charge is 2.41. The van der Waals surface area contributed by atoms with Gasteiger partial charge >= 0.3 is 0 Å². The van der Waals surface area contributed by atoms with Gasteiger partial charge in [0.1, 0.15) is 5.69 Å². The number of aromatic nitrogens is 1. The van der Waals surface area contributed by atoms with E-state index in [-0.39, 0.29) is 11.8 Å². The summed E-state index contributed by atoms with van der Waals surface area (Å²) in [7, 11) is 0. The summed E-state index contributed by atoms with van der Waals surface area (Å²) in [6.45, 7) is 2.61. The number of fused-ring (bicyclic) bond motifs is 1. The van der Waals surface area contributed by atoms with Gasteiger partial charge in [-0.2, -0.15) is 0 Å². The second-order valence-electron chi connectivity index (χ2n) is 5.91. The number of aromatic amines is 1. The Morgan fingerprint density at radius 1 is 1.36 bits per heavy atom. The number of nitrogens with zero attached hydrogens (tertiary/aromatic N) is 1. The number of primary amides is 1. The Bertz CT molecular complexity index is 786. The van der Waals surface area contributed by atoms with Crippen LogP contribution >= 0.6 is 23.2 Å². The molecule has 0 spiro atoms. The lowest BCUT2D eigenvalue weighted by atomic mass is 9.89. The number of H-pyrrole nitrogens is 1. The van der Waals surface area contributed by atoms with Crippen LogP contribution in [0, 0.1) is 5.41 Å². The summed E-state index contributed by atoms with van der Waals surface area (Å²) in [6.07, 6.45) is 0.570. The molecular weight excluding hydrogens is 325 g/mol. The first-order chi connectivity index (χ1) is 10.3. The van der Waals surface area contributed by atoms with Gasteiger partial charge < -0.3 is 15.6 Å². The first-order valence-electron chi connectivity index (χ1n) is 6.88. The Morgan fingerprint density at radius 3 is 2.73 bits per heavy atom. The third-order valence-corrected chi connectivity index (χ3v) is 5.10. The summed E-state index contributed by atoms with van der Waals surface area (Å²) in [5.74, 6) is -0.553. The van der Waals surface area contributed by atoms with Crippen molar-refractivity contribution in [3.63, 3.8) is 0 Å². The van der Waals surface area contributed by atoms with Gasteiger partial charge in [-0.3, -0.25) is 9.59 Å². The Kier molecular flexibility index (Phi) is 3.57. The fraction of sp³-hybridized carbons (Fsp3) is 0.333. The standard InChI is InChI=1S/C15H15Cl2N3O2/c1-15(14(18)22)4-5-20(7-15)13(21)11-6-8-10(19-11)3-2-9(16)12(8)17/h2-3,6,19H,4-5,7H2,1H3,(H2,18,22). The van der Waals surface area contributed by atoms with Gasteiger partial charge in [0.2, 0.25) is 5.91 Å². The van der Waals surface area contributed by atoms with Crippen LogP contribution in [0.2, 0.25) is 10.0 Å². The van der Waals surface area contributed by atoms with Gasteiger partial charge in [-0.1, -0.05) is 23.2 Å². The van der Waals surface area contributed by atoms with Crippen molar-refractivity contribution in [1.82, 2.24) is 9.88 Å². The van der Waals surface area contributed by atoms with Crippen LogP contribution in [0.5, 0.6) is 0 Å². The molecular formula is C15H15Cl2N3O2. The molecule has 0 radical (unpaired) electrons. The maximum absolute atomic E-state index is 12.6. The fourth-order valence-corrected chi connectivity index (χ4v) is 3.15. The van der Waals surface area contributed by atoms with E-state index < -0.39 is 5.41 Å². The molecule has 1 fully saturated rings. The lowest BCUT2D eigenvalue weighted by molar-refractivity contribution is -0.126. The minimum Gasteiger partial charge on any atom is -0.369 e. The van der Waals surface area contributed by atoms with Crippen molar-refractivity contribution in [3.8, 4) is 0 Å². The number of likely N-dealkylation sites (tertiary alicyclic amines) is 1. The molecule has 1 atom stereocenters. The van der Waals surface area contributed by atoms with Crippen LogP contribution < -0.4 is 5.73 Å². The van der Waals surface area contributed by atoms with Gasteiger partial charge in [0.25, 0.3) is 5.91 Å². The number of nitrogens with two attached hydrogens (primary N) is 1. The molecule has 2 aromatic rings. The molecule has 1 aromatic carbocycles. The molecule has 0 saturated carbocycles. The Balaban J connectivity index is 1.91. The Labute approximate surface area is 137 Å². The molecule has 22 heavy (non-hydrogen) atoms. The van der Waals surface area contributed by atoms with Gasteiger partial charge in [-0.15, -0.1) is 0 Å². The quantitative estimate of drug-likeness (QED) is 0.882. The number of hydrogen-bond donors (Lipinski definition) is 2. The Morgan fingerprint density at radius 2 is 2.09 bits per heavy atom. The van der Waals surface area contributed by atoms with E-state index in [9.17, 15) is 9.59 Å². The number of carbonyl (C=O) groups is 2. The van der Waals surface area contributed by atoms with Crippen molar-refractivity contribution < 1.29 is 9.59 Å². The van der Waals surface area contributed by atoms with Gasteiger partial charge in [0, 0.05) is 24.0 Å². The van der Waals surface area contributed by atoms with Crippen LogP contribution in [0.1, 0.15) is 23.8 Å². The molecule has 0 aliphatic carbocycles. The number of nitrogens with one attached hydrogen (secondary N) is 1. The van der Waals surface area contributed by atoms with Crippen molar-refractivity contribution in [2.24, 2.45) is 11.1 Å². The molecule has 3 rings (SSSR count). The molecule has 1 aliphatic heterocycles. The largest absolute Gasteiger partial charge is 0.369 e. The van der Waals surface area contributed by atoms with Gasteiger partial charge in [-0.05, 0) is 31.5 Å². The lowest BCUT2D eigenvalue weighted by Gasteiger charge is -2.20. The summed E-state index contributed by atoms with van der Waals surface area (Å²) in [5, 5.41) is 1.56. The molecule has 0 bridgehead atoms. The van der Waals surface area contributed by atoms with Crippen molar-refractivity contribution >= 4 is 45.9 Å². The predicted octanol–water partition coefficient (Wildman–Crippen LogP) is 2.81. The van der Waals surface area contributed by atoms with E-state index in [0.717, 1.165) is 5.52 Å². The molecule has 116 valence electrons. The van der Waals surface area contributed by atoms with Crippen LogP contribution in [0.4, 0.5) is 0 Å². The van der Waals surface area contributed by atoms with Gasteiger partial charge in [0.15, 0.2) is 0 Å². The van der Waals surface area contributed by atoms with Crippen molar-refractivity contribution in [1.29, 1.82) is 0 Å². The number of rotatable bonds is 2. The zero-order valence-corrected chi connectivity index (χ0v) is 13.5. The van der Waals surface area contributed by atoms with E-state index in [0.29, 0.717) is 40.6 Å². The normalized spacial score (nSPS) is 21.5. The molecule has 3 N–H and O–H groups in total. The van der Waals surface area contributed by atoms with E-state index in [2.05, 4.69) is 4.98 Å². The molecule has 1 aliphatic rings. The van der Waals surface area contributed by atoms with Gasteiger partial charge in [0.05, 0.1) is 15.5 Å².